The second kappa shape index (κ2) is 8.01. The third-order valence-corrected chi connectivity index (χ3v) is 5.24. The largest absolute Gasteiger partial charge is 0.507 e. The Balaban J connectivity index is 1.54. The molecule has 0 radical (unpaired) electrons. The molecule has 1 aromatic rings. The molecule has 1 saturated heterocycles. The van der Waals surface area contributed by atoms with Gasteiger partial charge in [0.2, 0.25) is 0 Å². The van der Waals surface area contributed by atoms with Crippen molar-refractivity contribution >= 4 is 5.91 Å². The molecule has 1 aliphatic heterocycles. The summed E-state index contributed by atoms with van der Waals surface area (Å²) in [6.45, 7) is 5.68. The molecule has 2 aliphatic rings. The monoisotopic (exact) mass is 348 g/mol. The van der Waals surface area contributed by atoms with Crippen molar-refractivity contribution in [2.45, 2.75) is 32.1 Å². The van der Waals surface area contributed by atoms with Crippen molar-refractivity contribution < 1.29 is 9.90 Å². The molecule has 0 unspecified atom stereocenters. The number of aryl methyl sites for hydroxylation is 1. The average Bonchev–Trinajstić information content (AvgIpc) is 2.60. The van der Waals surface area contributed by atoms with Gasteiger partial charge in [-0.2, -0.15) is 0 Å². The van der Waals surface area contributed by atoms with Crippen LogP contribution in [0.15, 0.2) is 4.79 Å². The maximum absolute atomic E-state index is 12.4. The Morgan fingerprint density at radius 1 is 1.20 bits per heavy atom. The van der Waals surface area contributed by atoms with Crippen LogP contribution >= 0.6 is 0 Å². The molecule has 0 spiro atoms. The van der Waals surface area contributed by atoms with Crippen molar-refractivity contribution in [2.75, 3.05) is 46.3 Å². The minimum Gasteiger partial charge on any atom is -0.507 e. The van der Waals surface area contributed by atoms with Crippen molar-refractivity contribution in [3.05, 3.63) is 27.2 Å². The van der Waals surface area contributed by atoms with E-state index in [9.17, 15) is 14.7 Å². The number of aromatic nitrogens is 1. The van der Waals surface area contributed by atoms with Gasteiger partial charge in [0.25, 0.3) is 11.5 Å². The zero-order valence-corrected chi connectivity index (χ0v) is 14.9. The number of piperazine rings is 1. The van der Waals surface area contributed by atoms with Gasteiger partial charge in [0, 0.05) is 44.0 Å². The molecule has 7 nitrogen and oxygen atoms in total. The predicted octanol–water partition coefficient (Wildman–Crippen LogP) is 0.327. The third-order valence-electron chi connectivity index (χ3n) is 5.24. The topological polar surface area (TPSA) is 88.7 Å². The van der Waals surface area contributed by atoms with Crippen LogP contribution in [0.5, 0.6) is 5.75 Å². The zero-order valence-electron chi connectivity index (χ0n) is 14.9. The fourth-order valence-corrected chi connectivity index (χ4v) is 3.64. The van der Waals surface area contributed by atoms with Gasteiger partial charge in [-0.05, 0) is 45.7 Å². The number of aromatic amines is 1. The summed E-state index contributed by atoms with van der Waals surface area (Å²) in [5.74, 6) is -0.611. The molecule has 1 aromatic heterocycles. The molecule has 0 aromatic carbocycles. The molecule has 138 valence electrons. The Morgan fingerprint density at radius 3 is 2.68 bits per heavy atom. The van der Waals surface area contributed by atoms with E-state index in [1.54, 1.807) is 0 Å². The lowest BCUT2D eigenvalue weighted by Crippen LogP contribution is -2.45. The van der Waals surface area contributed by atoms with Crippen LogP contribution in [0.2, 0.25) is 0 Å². The zero-order chi connectivity index (χ0) is 17.8. The summed E-state index contributed by atoms with van der Waals surface area (Å²) in [5.41, 5.74) is 0.878. The highest BCUT2D eigenvalue weighted by Crippen LogP contribution is 2.28. The molecule has 1 fully saturated rings. The number of nitrogens with zero attached hydrogens (tertiary/aromatic N) is 2. The third kappa shape index (κ3) is 4.22. The molecule has 7 heteroatoms. The number of carbonyl (C=O) groups is 1. The van der Waals surface area contributed by atoms with E-state index < -0.39 is 11.5 Å². The molecule has 3 rings (SSSR count). The van der Waals surface area contributed by atoms with Crippen molar-refractivity contribution in [3.63, 3.8) is 0 Å². The SMILES string of the molecule is CN1CCN(CCCNC(=O)c2c(O)c3c([nH]c2=O)CCCC3)CC1. The Kier molecular flexibility index (Phi) is 5.75. The van der Waals surface area contributed by atoms with Gasteiger partial charge in [-0.15, -0.1) is 0 Å². The van der Waals surface area contributed by atoms with Crippen LogP contribution < -0.4 is 10.9 Å². The van der Waals surface area contributed by atoms with E-state index in [2.05, 4.69) is 27.1 Å². The molecular formula is C18H28N4O3. The van der Waals surface area contributed by atoms with Crippen molar-refractivity contribution in [3.8, 4) is 5.75 Å². The lowest BCUT2D eigenvalue weighted by molar-refractivity contribution is 0.0945. The van der Waals surface area contributed by atoms with Gasteiger partial charge in [0.1, 0.15) is 11.3 Å². The first-order chi connectivity index (χ1) is 12.1. The molecule has 0 atom stereocenters. The molecule has 1 aliphatic carbocycles. The number of hydrogen-bond donors (Lipinski definition) is 3. The number of rotatable bonds is 5. The summed E-state index contributed by atoms with van der Waals surface area (Å²) in [5, 5.41) is 13.2. The minimum atomic E-state index is -0.491. The quantitative estimate of drug-likeness (QED) is 0.667. The second-order valence-corrected chi connectivity index (χ2v) is 7.10. The lowest BCUT2D eigenvalue weighted by Gasteiger charge is -2.32. The summed E-state index contributed by atoms with van der Waals surface area (Å²) in [7, 11) is 2.13. The van der Waals surface area contributed by atoms with Crippen LogP contribution in [0.25, 0.3) is 0 Å². The number of carbonyl (C=O) groups excluding carboxylic acids is 1. The van der Waals surface area contributed by atoms with E-state index in [0.717, 1.165) is 69.7 Å². The van der Waals surface area contributed by atoms with Crippen LogP contribution in [0.1, 0.15) is 40.9 Å². The minimum absolute atomic E-state index is 0.130. The summed E-state index contributed by atoms with van der Waals surface area (Å²) in [6.07, 6.45) is 4.27. The molecule has 25 heavy (non-hydrogen) atoms. The predicted molar refractivity (Wildman–Crippen MR) is 96.3 cm³/mol. The van der Waals surface area contributed by atoms with Crippen molar-refractivity contribution in [1.29, 1.82) is 0 Å². The maximum Gasteiger partial charge on any atom is 0.264 e. The number of nitrogens with one attached hydrogen (secondary N) is 2. The fraction of sp³-hybridized carbons (Fsp3) is 0.667. The Morgan fingerprint density at radius 2 is 1.92 bits per heavy atom. The van der Waals surface area contributed by atoms with Gasteiger partial charge >= 0.3 is 0 Å². The number of fused-ring (bicyclic) bond motifs is 1. The first-order valence-electron chi connectivity index (χ1n) is 9.22. The highest BCUT2D eigenvalue weighted by atomic mass is 16.3. The Labute approximate surface area is 148 Å². The fourth-order valence-electron chi connectivity index (χ4n) is 3.64. The van der Waals surface area contributed by atoms with E-state index in [4.69, 9.17) is 0 Å². The number of pyridine rings is 1. The van der Waals surface area contributed by atoms with Gasteiger partial charge in [0.05, 0.1) is 0 Å². The molecule has 0 bridgehead atoms. The molecule has 3 N–H and O–H groups in total. The van der Waals surface area contributed by atoms with E-state index in [1.165, 1.54) is 0 Å². The van der Waals surface area contributed by atoms with Gasteiger partial charge in [-0.1, -0.05) is 0 Å². The lowest BCUT2D eigenvalue weighted by atomic mass is 9.93. The number of aromatic hydroxyl groups is 1. The summed E-state index contributed by atoms with van der Waals surface area (Å²) < 4.78 is 0. The highest BCUT2D eigenvalue weighted by Gasteiger charge is 2.23. The van der Waals surface area contributed by atoms with Crippen LogP contribution in [0.4, 0.5) is 0 Å². The van der Waals surface area contributed by atoms with Crippen LogP contribution in [-0.2, 0) is 12.8 Å². The summed E-state index contributed by atoms with van der Waals surface area (Å²) in [4.78, 5) is 32.0. The maximum atomic E-state index is 12.4. The first-order valence-corrected chi connectivity index (χ1v) is 9.22. The number of hydrogen-bond acceptors (Lipinski definition) is 5. The van der Waals surface area contributed by atoms with E-state index in [1.807, 2.05) is 0 Å². The summed E-state index contributed by atoms with van der Waals surface area (Å²) in [6, 6.07) is 0. The normalized spacial score (nSPS) is 18.8. The average molecular weight is 348 g/mol. The Hall–Kier alpha value is -1.86. The second-order valence-electron chi connectivity index (χ2n) is 7.10. The summed E-state index contributed by atoms with van der Waals surface area (Å²) >= 11 is 0. The number of H-pyrrole nitrogens is 1. The number of amides is 1. The van der Waals surface area contributed by atoms with Gasteiger partial charge in [-0.25, -0.2) is 0 Å². The number of likely N-dealkylation sites (N-methyl/N-ethyl adjacent to an activating group) is 1. The van der Waals surface area contributed by atoms with Crippen LogP contribution in [-0.4, -0.2) is 72.1 Å². The van der Waals surface area contributed by atoms with Crippen molar-refractivity contribution in [1.82, 2.24) is 20.1 Å². The van der Waals surface area contributed by atoms with Crippen LogP contribution in [0.3, 0.4) is 0 Å². The van der Waals surface area contributed by atoms with Gasteiger partial charge in [0.15, 0.2) is 0 Å². The van der Waals surface area contributed by atoms with E-state index in [-0.39, 0.29) is 11.3 Å². The first kappa shape index (κ1) is 17.9. The van der Waals surface area contributed by atoms with Gasteiger partial charge in [-0.3, -0.25) is 9.59 Å². The van der Waals surface area contributed by atoms with E-state index in [0.29, 0.717) is 13.0 Å². The standard InChI is InChI=1S/C18H28N4O3/c1-21-9-11-22(12-10-21)8-4-7-19-17(24)15-16(23)13-5-2-3-6-14(13)20-18(15)25/h2-12H2,1H3,(H,19,24)(H2,20,23,25). The van der Waals surface area contributed by atoms with E-state index >= 15 is 0 Å². The van der Waals surface area contributed by atoms with Gasteiger partial charge < -0.3 is 25.2 Å². The molecule has 0 saturated carbocycles. The molecular weight excluding hydrogens is 320 g/mol. The van der Waals surface area contributed by atoms with Crippen molar-refractivity contribution in [2.24, 2.45) is 0 Å². The molecule has 2 heterocycles. The molecule has 1 amide bonds. The smallest absolute Gasteiger partial charge is 0.264 e. The highest BCUT2D eigenvalue weighted by molar-refractivity contribution is 5.96. The van der Waals surface area contributed by atoms with Crippen LogP contribution in [0, 0.1) is 0 Å². The Bertz CT molecular complexity index is 678.